The molecule has 0 aliphatic heterocycles. The van der Waals surface area contributed by atoms with E-state index in [9.17, 15) is 43.9 Å². The quantitative estimate of drug-likeness (QED) is 0.307. The Balaban J connectivity index is 0.00000288. The third kappa shape index (κ3) is 3.04. The van der Waals surface area contributed by atoms with Gasteiger partial charge in [0.05, 0.1) is 10.6 Å². The van der Waals surface area contributed by atoms with Crippen LogP contribution in [0.3, 0.4) is 0 Å². The molecule has 0 heterocycles. The molecule has 0 aliphatic rings. The van der Waals surface area contributed by atoms with Crippen LogP contribution in [0.2, 0.25) is 0 Å². The van der Waals surface area contributed by atoms with Crippen molar-refractivity contribution in [1.29, 1.82) is 0 Å². The molecule has 0 atom stereocenters. The van der Waals surface area contributed by atoms with Crippen molar-refractivity contribution in [3.05, 3.63) is 58.2 Å². The van der Waals surface area contributed by atoms with Gasteiger partial charge < -0.3 is 0 Å². The highest BCUT2D eigenvalue weighted by atomic mass is 35.5. The number of hydrogen-bond acceptors (Lipinski definition) is 0. The van der Waals surface area contributed by atoms with Gasteiger partial charge in [-0.25, -0.2) is 43.9 Å². The van der Waals surface area contributed by atoms with Gasteiger partial charge in [0, 0.05) is 0 Å². The Hall–Kier alpha value is -1.54. The summed E-state index contributed by atoms with van der Waals surface area (Å²) in [5.74, 6) is -24.4. The molecule has 2 rings (SSSR count). The maximum absolute atomic E-state index is 13.4. The molecule has 0 spiro atoms. The van der Waals surface area contributed by atoms with Crippen LogP contribution in [-0.4, -0.2) is 0 Å². The van der Waals surface area contributed by atoms with E-state index in [2.05, 4.69) is 0 Å². The van der Waals surface area contributed by atoms with E-state index >= 15 is 0 Å². The first-order chi connectivity index (χ1) is 10.6. The van der Waals surface area contributed by atoms with Gasteiger partial charge in [0.15, 0.2) is 46.5 Å². The van der Waals surface area contributed by atoms with Gasteiger partial charge in [0.25, 0.3) is 0 Å². The van der Waals surface area contributed by atoms with Gasteiger partial charge in [0.1, 0.15) is 0 Å². The zero-order chi connectivity index (χ0) is 17.6. The fourth-order valence-corrected chi connectivity index (χ4v) is 2.68. The summed E-state index contributed by atoms with van der Waals surface area (Å²) in [6.45, 7) is 0. The predicted octanol–water partition coefficient (Wildman–Crippen LogP) is 4.13. The first-order valence-corrected chi connectivity index (χ1v) is 6.39. The van der Waals surface area contributed by atoms with E-state index in [-0.39, 0.29) is 12.4 Å². The van der Waals surface area contributed by atoms with Crippen molar-refractivity contribution in [2.75, 3.05) is 0 Å². The molecule has 0 fully saturated rings. The fourth-order valence-electron chi connectivity index (χ4n) is 1.55. The highest BCUT2D eigenvalue weighted by molar-refractivity contribution is 7.55. The average molecular weight is 403 g/mol. The second-order valence-electron chi connectivity index (χ2n) is 4.01. The van der Waals surface area contributed by atoms with Gasteiger partial charge in [-0.15, -0.1) is 12.4 Å². The summed E-state index contributed by atoms with van der Waals surface area (Å²) in [5.41, 5.74) is 0. The molecule has 0 nitrogen and oxygen atoms in total. The van der Waals surface area contributed by atoms with Crippen molar-refractivity contribution in [2.45, 2.75) is 0 Å². The van der Waals surface area contributed by atoms with E-state index in [1.807, 2.05) is 0 Å². The maximum atomic E-state index is 13.4. The van der Waals surface area contributed by atoms with Crippen LogP contribution < -0.4 is 10.6 Å². The maximum Gasteiger partial charge on any atom is 0.200 e. The summed E-state index contributed by atoms with van der Waals surface area (Å²) in [4.78, 5) is 0. The lowest BCUT2D eigenvalue weighted by molar-refractivity contribution is 0.383. The van der Waals surface area contributed by atoms with Gasteiger partial charge in [-0.2, -0.15) is 0 Å². The largest absolute Gasteiger partial charge is 0.203 e. The van der Waals surface area contributed by atoms with Crippen molar-refractivity contribution in [1.82, 2.24) is 0 Å². The molecule has 132 valence electrons. The van der Waals surface area contributed by atoms with Gasteiger partial charge in [-0.3, -0.25) is 0 Å². The average Bonchev–Trinajstić information content (AvgIpc) is 2.54. The van der Waals surface area contributed by atoms with Gasteiger partial charge in [-0.1, -0.05) is 0 Å². The zero-order valence-electron chi connectivity index (χ0n) is 10.7. The van der Waals surface area contributed by atoms with Crippen LogP contribution in [0.25, 0.3) is 0 Å². The number of halogens is 11. The molecular weight excluding hydrogens is 401 g/mol. The molecular formula is C12H2ClF10P. The highest BCUT2D eigenvalue weighted by Crippen LogP contribution is 2.27. The lowest BCUT2D eigenvalue weighted by Gasteiger charge is -2.11. The Morgan fingerprint density at radius 2 is 0.500 bits per heavy atom. The third-order valence-electron chi connectivity index (χ3n) is 2.67. The third-order valence-corrected chi connectivity index (χ3v) is 4.05. The molecule has 12 heteroatoms. The van der Waals surface area contributed by atoms with Crippen LogP contribution in [0.15, 0.2) is 0 Å². The summed E-state index contributed by atoms with van der Waals surface area (Å²) in [5, 5.41) is -3.41. The molecule has 0 N–H and O–H groups in total. The van der Waals surface area contributed by atoms with Crippen LogP contribution in [0, 0.1) is 58.2 Å². The fraction of sp³-hybridized carbons (Fsp3) is 0. The molecule has 2 aromatic carbocycles. The van der Waals surface area contributed by atoms with E-state index in [4.69, 9.17) is 0 Å². The van der Waals surface area contributed by atoms with Crippen LogP contribution in [0.4, 0.5) is 43.9 Å². The summed E-state index contributed by atoms with van der Waals surface area (Å²) >= 11 is 0. The lowest BCUT2D eigenvalue weighted by atomic mass is 10.3. The monoisotopic (exact) mass is 402 g/mol. The van der Waals surface area contributed by atoms with E-state index in [0.717, 1.165) is 0 Å². The summed E-state index contributed by atoms with van der Waals surface area (Å²) in [6, 6.07) is 0. The zero-order valence-corrected chi connectivity index (χ0v) is 12.5. The van der Waals surface area contributed by atoms with Gasteiger partial charge in [0.2, 0.25) is 11.6 Å². The number of hydrogen-bond donors (Lipinski definition) is 0. The predicted molar refractivity (Wildman–Crippen MR) is 67.3 cm³/mol. The SMILES string of the molecule is Cl.Fc1c(F)c(F)c(Pc2c(F)c(F)c(F)c(F)c2F)c(F)c1F. The van der Waals surface area contributed by atoms with Crippen molar-refractivity contribution in [2.24, 2.45) is 0 Å². The lowest BCUT2D eigenvalue weighted by Crippen LogP contribution is -2.23. The summed E-state index contributed by atoms with van der Waals surface area (Å²) < 4.78 is 131. The Morgan fingerprint density at radius 1 is 0.333 bits per heavy atom. The molecule has 0 unspecified atom stereocenters. The normalized spacial score (nSPS) is 10.8. The molecule has 0 bridgehead atoms. The number of rotatable bonds is 2. The molecule has 0 amide bonds. The van der Waals surface area contributed by atoms with Crippen LogP contribution >= 0.6 is 21.0 Å². The van der Waals surface area contributed by atoms with E-state index in [0.29, 0.717) is 0 Å². The van der Waals surface area contributed by atoms with Crippen LogP contribution in [-0.2, 0) is 0 Å². The minimum absolute atomic E-state index is 0. The van der Waals surface area contributed by atoms with Crippen molar-refractivity contribution in [3.63, 3.8) is 0 Å². The first-order valence-electron chi connectivity index (χ1n) is 5.39. The smallest absolute Gasteiger partial charge is 0.200 e. The molecule has 0 saturated carbocycles. The van der Waals surface area contributed by atoms with Gasteiger partial charge >= 0.3 is 0 Å². The Labute approximate surface area is 134 Å². The summed E-state index contributed by atoms with van der Waals surface area (Å²) in [6.07, 6.45) is 0. The van der Waals surface area contributed by atoms with Crippen LogP contribution in [0.5, 0.6) is 0 Å². The van der Waals surface area contributed by atoms with E-state index < -0.39 is 77.4 Å². The van der Waals surface area contributed by atoms with E-state index in [1.165, 1.54) is 0 Å². The van der Waals surface area contributed by atoms with Crippen molar-refractivity contribution in [3.8, 4) is 0 Å². The molecule has 0 saturated heterocycles. The minimum Gasteiger partial charge on any atom is -0.203 e. The Kier molecular flexibility index (Phi) is 6.10. The summed E-state index contributed by atoms with van der Waals surface area (Å²) in [7, 11) is -2.04. The topological polar surface area (TPSA) is 0 Å². The van der Waals surface area contributed by atoms with Crippen molar-refractivity contribution >= 4 is 31.6 Å². The van der Waals surface area contributed by atoms with Crippen molar-refractivity contribution < 1.29 is 43.9 Å². The molecule has 0 radical (unpaired) electrons. The second kappa shape index (κ2) is 7.14. The minimum atomic E-state index is -2.52. The molecule has 2 aromatic rings. The van der Waals surface area contributed by atoms with E-state index in [1.54, 1.807) is 0 Å². The molecule has 0 aromatic heterocycles. The molecule has 24 heavy (non-hydrogen) atoms. The second-order valence-corrected chi connectivity index (χ2v) is 5.26. The molecule has 0 aliphatic carbocycles. The van der Waals surface area contributed by atoms with Gasteiger partial charge in [-0.05, 0) is 8.58 Å². The highest BCUT2D eigenvalue weighted by Gasteiger charge is 2.30. The Bertz CT molecular complexity index is 697. The standard InChI is InChI=1S/C12HF10P.ClH/c13-1-3(15)7(19)11(8(20)4(1)16)23-12-9(21)5(17)2(14)6(18)10(12)22;/h23H;1H. The van der Waals surface area contributed by atoms with Crippen LogP contribution in [0.1, 0.15) is 0 Å². The Morgan fingerprint density at radius 3 is 0.708 bits per heavy atom. The first kappa shape index (κ1) is 20.5. The number of benzene rings is 2.